The topological polar surface area (TPSA) is 0 Å². The summed E-state index contributed by atoms with van der Waals surface area (Å²) in [4.78, 5) is 0. The Labute approximate surface area is 217 Å². The maximum Gasteiger partial charge on any atom is 0.416 e. The second kappa shape index (κ2) is 8.46. The van der Waals surface area contributed by atoms with E-state index in [2.05, 4.69) is 60.7 Å². The Morgan fingerprint density at radius 2 is 0.895 bits per heavy atom. The summed E-state index contributed by atoms with van der Waals surface area (Å²) < 4.78 is 41.0. The van der Waals surface area contributed by atoms with Gasteiger partial charge in [-0.1, -0.05) is 109 Å². The van der Waals surface area contributed by atoms with Gasteiger partial charge in [-0.2, -0.15) is 13.2 Å². The predicted octanol–water partition coefficient (Wildman–Crippen LogP) is 10.7. The highest BCUT2D eigenvalue weighted by molar-refractivity contribution is 6.25. The van der Waals surface area contributed by atoms with E-state index in [-0.39, 0.29) is 0 Å². The molecule has 0 atom stereocenters. The normalized spacial score (nSPS) is 12.1. The van der Waals surface area contributed by atoms with Crippen LogP contribution in [-0.2, 0) is 6.18 Å². The smallest absolute Gasteiger partial charge is 0.166 e. The number of alkyl halides is 3. The van der Waals surface area contributed by atoms with E-state index < -0.39 is 11.7 Å². The highest BCUT2D eigenvalue weighted by atomic mass is 19.4. The first-order valence-electron chi connectivity index (χ1n) is 12.5. The van der Waals surface area contributed by atoms with Gasteiger partial charge in [-0.15, -0.1) is 0 Å². The predicted molar refractivity (Wildman–Crippen MR) is 152 cm³/mol. The fourth-order valence-electron chi connectivity index (χ4n) is 5.84. The molecule has 38 heavy (non-hydrogen) atoms. The molecule has 0 spiro atoms. The Morgan fingerprint density at radius 3 is 1.50 bits per heavy atom. The van der Waals surface area contributed by atoms with Crippen molar-refractivity contribution in [2.75, 3.05) is 0 Å². The van der Waals surface area contributed by atoms with E-state index >= 15 is 0 Å². The molecule has 7 aromatic rings. The molecule has 0 amide bonds. The number of halogens is 3. The zero-order chi connectivity index (χ0) is 25.9. The van der Waals surface area contributed by atoms with Crippen LogP contribution in [0.5, 0.6) is 0 Å². The van der Waals surface area contributed by atoms with Crippen molar-refractivity contribution in [3.05, 3.63) is 133 Å². The fourth-order valence-corrected chi connectivity index (χ4v) is 5.84. The molecule has 0 aromatic heterocycles. The Bertz CT molecular complexity index is 1960. The third-order valence-corrected chi connectivity index (χ3v) is 7.45. The summed E-state index contributed by atoms with van der Waals surface area (Å²) in [5.41, 5.74) is 2.93. The van der Waals surface area contributed by atoms with Gasteiger partial charge in [-0.05, 0) is 83.5 Å². The fraction of sp³-hybridized carbons (Fsp3) is 0.0286. The third kappa shape index (κ3) is 3.47. The second-order valence-corrected chi connectivity index (χ2v) is 9.61. The van der Waals surface area contributed by atoms with Crippen molar-refractivity contribution in [1.82, 2.24) is 0 Å². The molecule has 0 saturated carbocycles. The quantitative estimate of drug-likeness (QED) is 0.164. The molecule has 0 aliphatic rings. The molecule has 0 heterocycles. The molecule has 0 unspecified atom stereocenters. The van der Waals surface area contributed by atoms with E-state index in [1.54, 1.807) is 6.07 Å². The maximum atomic E-state index is 13.7. The van der Waals surface area contributed by atoms with E-state index in [1.807, 2.05) is 42.5 Å². The van der Waals surface area contributed by atoms with Crippen molar-refractivity contribution in [3.63, 3.8) is 0 Å². The van der Waals surface area contributed by atoms with Crippen molar-refractivity contribution < 1.29 is 13.2 Å². The van der Waals surface area contributed by atoms with Crippen LogP contribution in [-0.4, -0.2) is 0 Å². The summed E-state index contributed by atoms with van der Waals surface area (Å²) in [6.45, 7) is 0. The number of hydrogen-bond acceptors (Lipinski definition) is 0. The van der Waals surface area contributed by atoms with Crippen LogP contribution in [0.1, 0.15) is 5.56 Å². The number of fused-ring (bicyclic) bond motifs is 5. The molecule has 3 heteroatoms. The van der Waals surface area contributed by atoms with Crippen molar-refractivity contribution >= 4 is 43.1 Å². The highest BCUT2D eigenvalue weighted by Crippen LogP contribution is 2.46. The Hall–Kier alpha value is -4.63. The van der Waals surface area contributed by atoms with E-state index in [0.717, 1.165) is 55.1 Å². The van der Waals surface area contributed by atoms with Gasteiger partial charge in [0.15, 0.2) is 0 Å². The van der Waals surface area contributed by atoms with Crippen LogP contribution in [0, 0.1) is 0 Å². The van der Waals surface area contributed by atoms with Crippen molar-refractivity contribution in [2.45, 2.75) is 6.18 Å². The van der Waals surface area contributed by atoms with Crippen molar-refractivity contribution in [2.24, 2.45) is 0 Å². The lowest BCUT2D eigenvalue weighted by Gasteiger charge is -2.20. The highest BCUT2D eigenvalue weighted by Gasteiger charge is 2.31. The summed E-state index contributed by atoms with van der Waals surface area (Å²) in [5.74, 6) is 0. The molecule has 0 nitrogen and oxygen atoms in total. The van der Waals surface area contributed by atoms with Gasteiger partial charge in [-0.3, -0.25) is 0 Å². The second-order valence-electron chi connectivity index (χ2n) is 9.61. The average Bonchev–Trinajstić information content (AvgIpc) is 2.95. The average molecular weight is 499 g/mol. The van der Waals surface area contributed by atoms with Crippen LogP contribution in [0.2, 0.25) is 0 Å². The molecule has 7 aromatic carbocycles. The van der Waals surface area contributed by atoms with Crippen LogP contribution >= 0.6 is 0 Å². The molecule has 0 aliphatic carbocycles. The summed E-state index contributed by atoms with van der Waals surface area (Å²) in [6.07, 6.45) is -4.41. The molecule has 0 N–H and O–H groups in total. The van der Waals surface area contributed by atoms with Crippen LogP contribution in [0.15, 0.2) is 127 Å². The van der Waals surface area contributed by atoms with E-state index in [0.29, 0.717) is 5.56 Å². The van der Waals surface area contributed by atoms with Gasteiger partial charge in [0.2, 0.25) is 0 Å². The molecular formula is C35H21F3. The number of benzene rings is 7. The minimum absolute atomic E-state index is 0.558. The lowest BCUT2D eigenvalue weighted by molar-refractivity contribution is -0.137. The number of rotatable bonds is 2. The minimum Gasteiger partial charge on any atom is -0.166 e. The van der Waals surface area contributed by atoms with Gasteiger partial charge < -0.3 is 0 Å². The molecule has 0 radical (unpaired) electrons. The van der Waals surface area contributed by atoms with Crippen molar-refractivity contribution in [3.8, 4) is 22.3 Å². The van der Waals surface area contributed by atoms with Gasteiger partial charge in [0.05, 0.1) is 5.56 Å². The summed E-state index contributed by atoms with van der Waals surface area (Å²) in [6, 6.07) is 40.8. The molecular weight excluding hydrogens is 477 g/mol. The van der Waals surface area contributed by atoms with Gasteiger partial charge in [-0.25, -0.2) is 0 Å². The van der Waals surface area contributed by atoms with Crippen LogP contribution in [0.3, 0.4) is 0 Å². The van der Waals surface area contributed by atoms with Gasteiger partial charge in [0.1, 0.15) is 0 Å². The van der Waals surface area contributed by atoms with Crippen LogP contribution < -0.4 is 0 Å². The SMILES string of the molecule is FC(F)(F)c1cccc(-c2c3ccccc3c(-c3cc4ccccc4c4ccccc34)c3ccccc23)c1. The molecule has 182 valence electrons. The zero-order valence-electron chi connectivity index (χ0n) is 20.3. The zero-order valence-corrected chi connectivity index (χ0v) is 20.3. The van der Waals surface area contributed by atoms with E-state index in [9.17, 15) is 13.2 Å². The van der Waals surface area contributed by atoms with Crippen molar-refractivity contribution in [1.29, 1.82) is 0 Å². The van der Waals surface area contributed by atoms with Crippen LogP contribution in [0.4, 0.5) is 13.2 Å². The lowest BCUT2D eigenvalue weighted by Crippen LogP contribution is -2.04. The van der Waals surface area contributed by atoms with Crippen LogP contribution in [0.25, 0.3) is 65.3 Å². The summed E-state index contributed by atoms with van der Waals surface area (Å²) in [5, 5.41) is 8.55. The number of hydrogen-bond donors (Lipinski definition) is 0. The van der Waals surface area contributed by atoms with E-state index in [4.69, 9.17) is 0 Å². The van der Waals surface area contributed by atoms with Gasteiger partial charge >= 0.3 is 6.18 Å². The first-order chi connectivity index (χ1) is 18.5. The van der Waals surface area contributed by atoms with Gasteiger partial charge in [0, 0.05) is 0 Å². The molecule has 0 aliphatic heterocycles. The Morgan fingerprint density at radius 1 is 0.395 bits per heavy atom. The largest absolute Gasteiger partial charge is 0.416 e. The molecule has 7 rings (SSSR count). The molecule has 0 fully saturated rings. The van der Waals surface area contributed by atoms with Gasteiger partial charge in [0.25, 0.3) is 0 Å². The summed E-state index contributed by atoms with van der Waals surface area (Å²) in [7, 11) is 0. The monoisotopic (exact) mass is 498 g/mol. The van der Waals surface area contributed by atoms with E-state index in [1.165, 1.54) is 22.9 Å². The lowest BCUT2D eigenvalue weighted by atomic mass is 9.83. The summed E-state index contributed by atoms with van der Waals surface area (Å²) >= 11 is 0. The molecule has 0 saturated heterocycles. The first-order valence-corrected chi connectivity index (χ1v) is 12.5. The first kappa shape index (κ1) is 22.6. The standard InChI is InChI=1S/C35H21F3/c36-35(37,38)24-12-9-11-23(20-24)33-28-16-5-7-18-30(28)34(31-19-8-6-17-29(31)33)32-21-22-10-1-2-13-25(22)26-14-3-4-15-27(26)32/h1-21H. The minimum atomic E-state index is -4.41. The Balaban J connectivity index is 1.66. The molecule has 0 bridgehead atoms. The third-order valence-electron chi connectivity index (χ3n) is 7.45. The maximum absolute atomic E-state index is 13.7. The Kier molecular flexibility index (Phi) is 5.02.